The molecule has 0 atom stereocenters. The Morgan fingerprint density at radius 1 is 0.684 bits per heavy atom. The van der Waals surface area contributed by atoms with Crippen molar-refractivity contribution in [3.05, 3.63) is 0 Å². The van der Waals surface area contributed by atoms with Crippen LogP contribution in [0.3, 0.4) is 0 Å². The van der Waals surface area contributed by atoms with Gasteiger partial charge in [0.25, 0.3) is 0 Å². The van der Waals surface area contributed by atoms with Crippen LogP contribution in [0.4, 0.5) is 0 Å². The Kier molecular flexibility index (Phi) is 10.4. The predicted molar refractivity (Wildman–Crippen MR) is 70.5 cm³/mol. The van der Waals surface area contributed by atoms with Crippen LogP contribution in [0.25, 0.3) is 0 Å². The normalized spacial score (nSPS) is 12.8. The molecule has 0 aromatic heterocycles. The zero-order valence-corrected chi connectivity index (χ0v) is 13.8. The standard InChI is InChI=1S/C6H15O4P.C3H9O4P/c1-5(2)9-11(7,8)10-6(3)4;1-3(2)7-8(4,5)6/h5-6H,1-4H3,(H,7,8);3H,1-2H3,(H2,4,5,6). The summed E-state index contributed by atoms with van der Waals surface area (Å²) in [5, 5.41) is 0. The molecule has 0 fully saturated rings. The van der Waals surface area contributed by atoms with E-state index < -0.39 is 21.7 Å². The van der Waals surface area contributed by atoms with Crippen LogP contribution >= 0.6 is 15.6 Å². The molecule has 0 aliphatic carbocycles. The number of phosphoric ester groups is 2. The SMILES string of the molecule is CC(C)OP(=O)(O)O.CC(C)OP(=O)(O)OC(C)C. The fourth-order valence-electron chi connectivity index (χ4n) is 0.832. The lowest BCUT2D eigenvalue weighted by atomic mass is 10.5. The van der Waals surface area contributed by atoms with Gasteiger partial charge in [-0.25, -0.2) is 9.13 Å². The highest BCUT2D eigenvalue weighted by atomic mass is 31.2. The van der Waals surface area contributed by atoms with Crippen LogP contribution in [-0.4, -0.2) is 33.0 Å². The van der Waals surface area contributed by atoms with E-state index >= 15 is 0 Å². The maximum Gasteiger partial charge on any atom is 0.472 e. The maximum absolute atomic E-state index is 10.9. The second kappa shape index (κ2) is 9.21. The second-order valence-corrected chi connectivity index (χ2v) is 6.97. The predicted octanol–water partition coefficient (Wildman–Crippen LogP) is 2.44. The highest BCUT2D eigenvalue weighted by Crippen LogP contribution is 2.45. The summed E-state index contributed by atoms with van der Waals surface area (Å²) in [6, 6.07) is 0. The quantitative estimate of drug-likeness (QED) is 0.637. The largest absolute Gasteiger partial charge is 0.472 e. The first kappa shape index (κ1) is 21.5. The molecule has 0 radical (unpaired) electrons. The Bertz CT molecular complexity index is 308. The molecule has 0 bridgehead atoms. The van der Waals surface area contributed by atoms with Gasteiger partial charge in [-0.3, -0.25) is 13.6 Å². The molecule has 19 heavy (non-hydrogen) atoms. The lowest BCUT2D eigenvalue weighted by Crippen LogP contribution is -2.06. The fraction of sp³-hybridized carbons (Fsp3) is 1.00. The molecule has 10 heteroatoms. The summed E-state index contributed by atoms with van der Waals surface area (Å²) in [5.41, 5.74) is 0. The average molecular weight is 322 g/mol. The first-order valence-corrected chi connectivity index (χ1v) is 8.71. The van der Waals surface area contributed by atoms with Crippen molar-refractivity contribution >= 4 is 15.6 Å². The van der Waals surface area contributed by atoms with Gasteiger partial charge in [-0.2, -0.15) is 0 Å². The summed E-state index contributed by atoms with van der Waals surface area (Å²) in [6.45, 7) is 9.80. The Labute approximate surface area is 113 Å². The highest BCUT2D eigenvalue weighted by Gasteiger charge is 2.23. The van der Waals surface area contributed by atoms with Crippen molar-refractivity contribution in [3.8, 4) is 0 Å². The molecule has 0 amide bonds. The molecule has 8 nitrogen and oxygen atoms in total. The summed E-state index contributed by atoms with van der Waals surface area (Å²) in [4.78, 5) is 25.1. The average Bonchev–Trinajstić information content (AvgIpc) is 1.91. The van der Waals surface area contributed by atoms with E-state index in [-0.39, 0.29) is 12.2 Å². The Hall–Kier alpha value is 0.220. The Morgan fingerprint density at radius 3 is 1.05 bits per heavy atom. The number of phosphoric acid groups is 2. The summed E-state index contributed by atoms with van der Waals surface area (Å²) in [5.74, 6) is 0. The van der Waals surface area contributed by atoms with Crippen LogP contribution in [0.5, 0.6) is 0 Å². The molecular weight excluding hydrogens is 298 g/mol. The second-order valence-electron chi connectivity index (χ2n) is 4.42. The number of rotatable bonds is 6. The smallest absolute Gasteiger partial charge is 0.303 e. The van der Waals surface area contributed by atoms with Crippen molar-refractivity contribution in [2.45, 2.75) is 59.9 Å². The molecule has 0 aliphatic heterocycles. The molecule has 0 saturated heterocycles. The molecule has 0 heterocycles. The lowest BCUT2D eigenvalue weighted by molar-refractivity contribution is 0.0984. The summed E-state index contributed by atoms with van der Waals surface area (Å²) in [7, 11) is -8.03. The van der Waals surface area contributed by atoms with E-state index in [1.165, 1.54) is 0 Å². The zero-order valence-electron chi connectivity index (χ0n) is 12.0. The monoisotopic (exact) mass is 322 g/mol. The number of hydrogen-bond acceptors (Lipinski definition) is 5. The van der Waals surface area contributed by atoms with Crippen molar-refractivity contribution in [1.82, 2.24) is 0 Å². The molecule has 0 rings (SSSR count). The summed E-state index contributed by atoms with van der Waals surface area (Å²) in [6.07, 6.45) is -1.02. The van der Waals surface area contributed by atoms with Crippen molar-refractivity contribution in [2.24, 2.45) is 0 Å². The van der Waals surface area contributed by atoms with Crippen LogP contribution < -0.4 is 0 Å². The van der Waals surface area contributed by atoms with Gasteiger partial charge in [0.05, 0.1) is 18.3 Å². The van der Waals surface area contributed by atoms with Crippen LogP contribution in [0.15, 0.2) is 0 Å². The molecule has 0 unspecified atom stereocenters. The van der Waals surface area contributed by atoms with Crippen LogP contribution in [0.2, 0.25) is 0 Å². The van der Waals surface area contributed by atoms with E-state index in [9.17, 15) is 9.13 Å². The minimum atomic E-state index is -4.22. The third kappa shape index (κ3) is 20.7. The van der Waals surface area contributed by atoms with E-state index in [1.807, 2.05) is 0 Å². The van der Waals surface area contributed by atoms with Crippen LogP contribution in [-0.2, 0) is 22.7 Å². The molecule has 0 aliphatic rings. The molecule has 0 saturated carbocycles. The van der Waals surface area contributed by atoms with Crippen molar-refractivity contribution in [3.63, 3.8) is 0 Å². The van der Waals surface area contributed by atoms with E-state index in [4.69, 9.17) is 14.7 Å². The van der Waals surface area contributed by atoms with E-state index in [0.717, 1.165) is 0 Å². The van der Waals surface area contributed by atoms with Gasteiger partial charge in [0.1, 0.15) is 0 Å². The van der Waals surface area contributed by atoms with E-state index in [0.29, 0.717) is 0 Å². The van der Waals surface area contributed by atoms with E-state index in [2.05, 4.69) is 13.6 Å². The van der Waals surface area contributed by atoms with Gasteiger partial charge in [-0.15, -0.1) is 0 Å². The molecule has 0 aromatic carbocycles. The van der Waals surface area contributed by atoms with E-state index in [1.54, 1.807) is 41.5 Å². The van der Waals surface area contributed by atoms with Gasteiger partial charge in [0.15, 0.2) is 0 Å². The van der Waals surface area contributed by atoms with Crippen molar-refractivity contribution in [2.75, 3.05) is 0 Å². The minimum Gasteiger partial charge on any atom is -0.303 e. The third-order valence-electron chi connectivity index (χ3n) is 1.04. The van der Waals surface area contributed by atoms with Gasteiger partial charge in [-0.1, -0.05) is 0 Å². The van der Waals surface area contributed by atoms with Crippen molar-refractivity contribution in [1.29, 1.82) is 0 Å². The Morgan fingerprint density at radius 2 is 0.947 bits per heavy atom. The minimum absolute atomic E-state index is 0.301. The topological polar surface area (TPSA) is 123 Å². The van der Waals surface area contributed by atoms with Crippen molar-refractivity contribution < 1.29 is 37.4 Å². The fourth-order valence-corrected chi connectivity index (χ4v) is 2.50. The molecule has 0 aromatic rings. The first-order chi connectivity index (χ1) is 8.25. The molecule has 3 N–H and O–H groups in total. The third-order valence-corrected chi connectivity index (χ3v) is 3.11. The van der Waals surface area contributed by atoms with Crippen LogP contribution in [0.1, 0.15) is 41.5 Å². The lowest BCUT2D eigenvalue weighted by Gasteiger charge is -2.16. The Balaban J connectivity index is 0. The zero-order chi connectivity index (χ0) is 15.9. The van der Waals surface area contributed by atoms with Gasteiger partial charge in [0.2, 0.25) is 0 Å². The number of hydrogen-bond donors (Lipinski definition) is 3. The molecular formula is C9H24O8P2. The van der Waals surface area contributed by atoms with Gasteiger partial charge >= 0.3 is 15.6 Å². The first-order valence-electron chi connectivity index (χ1n) is 5.68. The molecule has 0 spiro atoms. The molecule has 118 valence electrons. The summed E-state index contributed by atoms with van der Waals surface area (Å²) >= 11 is 0. The highest BCUT2D eigenvalue weighted by molar-refractivity contribution is 7.47. The van der Waals surface area contributed by atoms with Gasteiger partial charge in [-0.05, 0) is 41.5 Å². The van der Waals surface area contributed by atoms with Gasteiger partial charge < -0.3 is 14.7 Å². The van der Waals surface area contributed by atoms with Gasteiger partial charge in [0, 0.05) is 0 Å². The maximum atomic E-state index is 10.9. The summed E-state index contributed by atoms with van der Waals surface area (Å²) < 4.78 is 34.2. The van der Waals surface area contributed by atoms with Crippen LogP contribution in [0, 0.1) is 0 Å².